The van der Waals surface area contributed by atoms with Gasteiger partial charge in [0.2, 0.25) is 0 Å². The summed E-state index contributed by atoms with van der Waals surface area (Å²) in [6.07, 6.45) is 0.724. The van der Waals surface area contributed by atoms with E-state index in [0.717, 1.165) is 0 Å². The van der Waals surface area contributed by atoms with E-state index in [1.807, 2.05) is 13.8 Å². The number of carbonyl (C=O) groups is 1. The first-order valence-corrected chi connectivity index (χ1v) is 9.19. The zero-order valence-electron chi connectivity index (χ0n) is 14.1. The Labute approximate surface area is 124 Å². The van der Waals surface area contributed by atoms with Crippen LogP contribution in [0.1, 0.15) is 54.9 Å². The largest absolute Gasteiger partial charge is 0.330 e. The molecule has 0 aromatic heterocycles. The van der Waals surface area contributed by atoms with Gasteiger partial charge >= 0.3 is 7.60 Å². The van der Waals surface area contributed by atoms with E-state index in [-0.39, 0.29) is 23.0 Å². The SMILES string of the molecule is CCOP(=O)(C[C@H](CC(=O)C(C)C)C(C)(C)C)OCC. The Morgan fingerprint density at radius 3 is 1.85 bits per heavy atom. The first-order chi connectivity index (χ1) is 9.05. The van der Waals surface area contributed by atoms with E-state index < -0.39 is 7.60 Å². The van der Waals surface area contributed by atoms with Gasteiger partial charge in [0.15, 0.2) is 0 Å². The van der Waals surface area contributed by atoms with Crippen LogP contribution in [-0.4, -0.2) is 25.2 Å². The van der Waals surface area contributed by atoms with Crippen molar-refractivity contribution in [2.75, 3.05) is 19.4 Å². The van der Waals surface area contributed by atoms with Gasteiger partial charge in [-0.1, -0.05) is 34.6 Å². The van der Waals surface area contributed by atoms with E-state index in [9.17, 15) is 9.36 Å². The lowest BCUT2D eigenvalue weighted by atomic mass is 9.78. The smallest absolute Gasteiger partial charge is 0.309 e. The van der Waals surface area contributed by atoms with Crippen LogP contribution in [0.3, 0.4) is 0 Å². The van der Waals surface area contributed by atoms with Crippen molar-refractivity contribution in [3.05, 3.63) is 0 Å². The summed E-state index contributed by atoms with van der Waals surface area (Å²) in [5.74, 6) is 0.184. The van der Waals surface area contributed by atoms with Crippen LogP contribution in [0.4, 0.5) is 0 Å². The first-order valence-electron chi connectivity index (χ1n) is 7.46. The second-order valence-electron chi connectivity index (χ2n) is 6.52. The third-order valence-corrected chi connectivity index (χ3v) is 5.60. The minimum atomic E-state index is -3.11. The lowest BCUT2D eigenvalue weighted by Crippen LogP contribution is -2.28. The molecule has 4 nitrogen and oxygen atoms in total. The summed E-state index contributed by atoms with van der Waals surface area (Å²) in [7, 11) is -3.11. The van der Waals surface area contributed by atoms with Gasteiger partial charge in [-0.2, -0.15) is 0 Å². The topological polar surface area (TPSA) is 52.6 Å². The highest BCUT2D eigenvalue weighted by atomic mass is 31.2. The summed E-state index contributed by atoms with van der Waals surface area (Å²) in [6.45, 7) is 14.3. The molecule has 0 saturated heterocycles. The number of Topliss-reactive ketones (excluding diaryl/α,β-unsaturated/α-hetero) is 1. The summed E-state index contributed by atoms with van der Waals surface area (Å²) in [6, 6.07) is 0. The van der Waals surface area contributed by atoms with Gasteiger partial charge in [0.1, 0.15) is 5.78 Å². The van der Waals surface area contributed by atoms with E-state index >= 15 is 0 Å². The van der Waals surface area contributed by atoms with Crippen LogP contribution >= 0.6 is 7.60 Å². The third-order valence-electron chi connectivity index (χ3n) is 3.41. The fourth-order valence-electron chi connectivity index (χ4n) is 1.93. The van der Waals surface area contributed by atoms with Gasteiger partial charge in [0, 0.05) is 12.3 Å². The Morgan fingerprint density at radius 2 is 1.55 bits per heavy atom. The average molecular weight is 306 g/mol. The maximum absolute atomic E-state index is 12.7. The van der Waals surface area contributed by atoms with E-state index in [1.54, 1.807) is 13.8 Å². The summed E-state index contributed by atoms with van der Waals surface area (Å²) >= 11 is 0. The molecule has 5 heteroatoms. The molecule has 120 valence electrons. The van der Waals surface area contributed by atoms with Crippen molar-refractivity contribution in [1.29, 1.82) is 0 Å². The predicted molar refractivity (Wildman–Crippen MR) is 83.1 cm³/mol. The third kappa shape index (κ3) is 7.01. The molecular weight excluding hydrogens is 275 g/mol. The van der Waals surface area contributed by atoms with Crippen molar-refractivity contribution < 1.29 is 18.4 Å². The highest BCUT2D eigenvalue weighted by Crippen LogP contribution is 2.52. The number of ketones is 1. The molecule has 20 heavy (non-hydrogen) atoms. The molecule has 0 aromatic rings. The molecule has 0 aromatic carbocycles. The maximum Gasteiger partial charge on any atom is 0.330 e. The first kappa shape index (κ1) is 19.8. The lowest BCUT2D eigenvalue weighted by molar-refractivity contribution is -0.123. The molecule has 0 radical (unpaired) electrons. The van der Waals surface area contributed by atoms with Crippen LogP contribution in [0.2, 0.25) is 0 Å². The fraction of sp³-hybridized carbons (Fsp3) is 0.933. The quantitative estimate of drug-likeness (QED) is 0.587. The van der Waals surface area contributed by atoms with E-state index in [2.05, 4.69) is 20.8 Å². The van der Waals surface area contributed by atoms with Crippen molar-refractivity contribution in [2.45, 2.75) is 54.9 Å². The van der Waals surface area contributed by atoms with E-state index in [1.165, 1.54) is 0 Å². The zero-order valence-corrected chi connectivity index (χ0v) is 15.0. The lowest BCUT2D eigenvalue weighted by Gasteiger charge is -2.33. The van der Waals surface area contributed by atoms with Crippen molar-refractivity contribution in [3.8, 4) is 0 Å². The minimum Gasteiger partial charge on any atom is -0.309 e. The van der Waals surface area contributed by atoms with Crippen LogP contribution in [-0.2, 0) is 18.4 Å². The second kappa shape index (κ2) is 8.31. The molecule has 0 rings (SSSR count). The fourth-order valence-corrected chi connectivity index (χ4v) is 4.22. The molecule has 0 unspecified atom stereocenters. The normalized spacial score (nSPS) is 14.6. The summed E-state index contributed by atoms with van der Waals surface area (Å²) in [5.41, 5.74) is -0.117. The summed E-state index contributed by atoms with van der Waals surface area (Å²) in [4.78, 5) is 12.0. The number of hydrogen-bond acceptors (Lipinski definition) is 4. The molecule has 0 aliphatic rings. The molecule has 0 saturated carbocycles. The van der Waals surface area contributed by atoms with Gasteiger partial charge in [-0.05, 0) is 25.2 Å². The number of carbonyl (C=O) groups excluding carboxylic acids is 1. The monoisotopic (exact) mass is 306 g/mol. The van der Waals surface area contributed by atoms with Crippen molar-refractivity contribution in [2.24, 2.45) is 17.3 Å². The van der Waals surface area contributed by atoms with Crippen molar-refractivity contribution in [3.63, 3.8) is 0 Å². The van der Waals surface area contributed by atoms with Gasteiger partial charge in [0.25, 0.3) is 0 Å². The molecule has 0 aliphatic heterocycles. The molecule has 0 N–H and O–H groups in total. The standard InChI is InChI=1S/C15H31O4P/c1-8-18-20(17,19-9-2)11-13(15(5,6)7)10-14(16)12(3)4/h12-13H,8-11H2,1-7H3/t13-/m0/s1. The van der Waals surface area contributed by atoms with Crippen LogP contribution in [0.5, 0.6) is 0 Å². The highest BCUT2D eigenvalue weighted by molar-refractivity contribution is 7.53. The molecule has 1 atom stereocenters. The molecule has 0 aliphatic carbocycles. The van der Waals surface area contributed by atoms with Crippen LogP contribution in [0.15, 0.2) is 0 Å². The summed E-state index contributed by atoms with van der Waals surface area (Å²) in [5, 5.41) is 0. The maximum atomic E-state index is 12.7. The Bertz CT molecular complexity index is 334. The second-order valence-corrected chi connectivity index (χ2v) is 8.62. The predicted octanol–water partition coefficient (Wildman–Crippen LogP) is 4.53. The molecule has 0 heterocycles. The highest BCUT2D eigenvalue weighted by Gasteiger charge is 2.36. The van der Waals surface area contributed by atoms with Crippen molar-refractivity contribution in [1.82, 2.24) is 0 Å². The minimum absolute atomic E-state index is 0.00146. The Hall–Kier alpha value is -0.180. The van der Waals surface area contributed by atoms with Crippen molar-refractivity contribution >= 4 is 13.4 Å². The molecule has 0 fully saturated rings. The van der Waals surface area contributed by atoms with Gasteiger partial charge < -0.3 is 9.05 Å². The Balaban J connectivity index is 5.05. The van der Waals surface area contributed by atoms with Crippen LogP contribution < -0.4 is 0 Å². The Kier molecular flexibility index (Phi) is 8.23. The molecular formula is C15H31O4P. The zero-order chi connectivity index (χ0) is 16.0. The van der Waals surface area contributed by atoms with Gasteiger partial charge in [-0.25, -0.2) is 0 Å². The van der Waals surface area contributed by atoms with Gasteiger partial charge in [-0.15, -0.1) is 0 Å². The van der Waals surface area contributed by atoms with Crippen LogP contribution in [0, 0.1) is 17.3 Å². The average Bonchev–Trinajstić information content (AvgIpc) is 2.27. The van der Waals surface area contributed by atoms with E-state index in [0.29, 0.717) is 25.8 Å². The number of rotatable bonds is 9. The van der Waals surface area contributed by atoms with Gasteiger partial charge in [-0.3, -0.25) is 9.36 Å². The molecule has 0 bridgehead atoms. The molecule has 0 amide bonds. The van der Waals surface area contributed by atoms with E-state index in [4.69, 9.17) is 9.05 Å². The number of hydrogen-bond donors (Lipinski definition) is 0. The summed E-state index contributed by atoms with van der Waals surface area (Å²) < 4.78 is 23.4. The van der Waals surface area contributed by atoms with Gasteiger partial charge in [0.05, 0.1) is 19.4 Å². The molecule has 0 spiro atoms. The van der Waals surface area contributed by atoms with Crippen LogP contribution in [0.25, 0.3) is 0 Å². The Morgan fingerprint density at radius 1 is 1.10 bits per heavy atom.